The molecule has 1 aromatic rings. The van der Waals surface area contributed by atoms with E-state index in [9.17, 15) is 10.1 Å². The number of nitrogens with zero attached hydrogens (tertiary/aromatic N) is 2. The predicted molar refractivity (Wildman–Crippen MR) is 76.6 cm³/mol. The normalized spacial score (nSPS) is 24.5. The second kappa shape index (κ2) is 6.85. The molecular weight excluding hydrogens is 258 g/mol. The summed E-state index contributed by atoms with van der Waals surface area (Å²) in [5, 5.41) is 14.0. The zero-order valence-electron chi connectivity index (χ0n) is 12.2. The van der Waals surface area contributed by atoms with Crippen LogP contribution in [0, 0.1) is 16.0 Å². The molecular formula is C14H23N3O3. The molecule has 0 aliphatic carbocycles. The van der Waals surface area contributed by atoms with E-state index in [0.29, 0.717) is 5.92 Å². The van der Waals surface area contributed by atoms with E-state index in [4.69, 9.17) is 4.42 Å². The van der Waals surface area contributed by atoms with Crippen molar-refractivity contribution in [3.05, 3.63) is 28.0 Å². The second-order valence-electron chi connectivity index (χ2n) is 5.32. The van der Waals surface area contributed by atoms with Crippen molar-refractivity contribution in [3.63, 3.8) is 0 Å². The molecule has 0 spiro atoms. The molecule has 0 bridgehead atoms. The molecule has 1 saturated heterocycles. The molecule has 0 amide bonds. The third-order valence-corrected chi connectivity index (χ3v) is 4.07. The molecule has 0 aromatic carbocycles. The molecule has 1 aliphatic rings. The van der Waals surface area contributed by atoms with Crippen molar-refractivity contribution in [3.8, 4) is 0 Å². The van der Waals surface area contributed by atoms with Crippen molar-refractivity contribution in [2.75, 3.05) is 26.7 Å². The molecule has 2 unspecified atom stereocenters. The summed E-state index contributed by atoms with van der Waals surface area (Å²) >= 11 is 0. The molecule has 0 saturated carbocycles. The van der Waals surface area contributed by atoms with Crippen LogP contribution in [-0.2, 0) is 0 Å². The Bertz CT molecular complexity index is 447. The maximum absolute atomic E-state index is 10.8. The molecule has 2 atom stereocenters. The molecule has 20 heavy (non-hydrogen) atoms. The Morgan fingerprint density at radius 3 is 2.90 bits per heavy atom. The van der Waals surface area contributed by atoms with E-state index < -0.39 is 4.92 Å². The summed E-state index contributed by atoms with van der Waals surface area (Å²) in [5.74, 6) is 0.984. The van der Waals surface area contributed by atoms with Crippen LogP contribution in [0.25, 0.3) is 0 Å². The standard InChI is InChI=1S/C14H23N3O3/c1-3-16-9-5-4-6-11(10-15-2)14(16)12-7-8-13(20-12)17(18)19/h7-8,11,14-15H,3-6,9-10H2,1-2H3. The second-order valence-corrected chi connectivity index (χ2v) is 5.32. The first kappa shape index (κ1) is 15.0. The molecule has 112 valence electrons. The van der Waals surface area contributed by atoms with Crippen molar-refractivity contribution >= 4 is 5.88 Å². The molecule has 1 aliphatic heterocycles. The Balaban J connectivity index is 2.29. The molecule has 1 aromatic heterocycles. The SMILES string of the molecule is CCN1CCCCC(CNC)C1c1ccc([N+](=O)[O-])o1. The van der Waals surface area contributed by atoms with Crippen LogP contribution < -0.4 is 5.32 Å². The highest BCUT2D eigenvalue weighted by molar-refractivity contribution is 5.20. The van der Waals surface area contributed by atoms with Crippen LogP contribution in [0.4, 0.5) is 5.88 Å². The zero-order valence-corrected chi connectivity index (χ0v) is 12.2. The van der Waals surface area contributed by atoms with Gasteiger partial charge in [0.1, 0.15) is 10.7 Å². The van der Waals surface area contributed by atoms with Gasteiger partial charge in [0.25, 0.3) is 0 Å². The van der Waals surface area contributed by atoms with Crippen LogP contribution in [-0.4, -0.2) is 36.5 Å². The number of hydrogen-bond acceptors (Lipinski definition) is 5. The van der Waals surface area contributed by atoms with Gasteiger partial charge in [-0.3, -0.25) is 15.0 Å². The highest BCUT2D eigenvalue weighted by Gasteiger charge is 2.33. The smallest absolute Gasteiger partial charge is 0.404 e. The summed E-state index contributed by atoms with van der Waals surface area (Å²) < 4.78 is 5.48. The topological polar surface area (TPSA) is 71.5 Å². The van der Waals surface area contributed by atoms with Crippen molar-refractivity contribution in [1.29, 1.82) is 0 Å². The van der Waals surface area contributed by atoms with Crippen LogP contribution in [0.3, 0.4) is 0 Å². The van der Waals surface area contributed by atoms with Gasteiger partial charge >= 0.3 is 5.88 Å². The number of likely N-dealkylation sites (tertiary alicyclic amines) is 1. The molecule has 1 N–H and O–H groups in total. The monoisotopic (exact) mass is 281 g/mol. The number of rotatable bonds is 5. The minimum atomic E-state index is -0.469. The lowest BCUT2D eigenvalue weighted by Gasteiger charge is -2.32. The highest BCUT2D eigenvalue weighted by Crippen LogP contribution is 2.36. The molecule has 0 radical (unpaired) electrons. The van der Waals surface area contributed by atoms with E-state index in [1.54, 1.807) is 6.07 Å². The van der Waals surface area contributed by atoms with Crippen LogP contribution in [0.2, 0.25) is 0 Å². The first-order chi connectivity index (χ1) is 9.67. The van der Waals surface area contributed by atoms with Gasteiger partial charge in [0.15, 0.2) is 0 Å². The number of hydrogen-bond donors (Lipinski definition) is 1. The van der Waals surface area contributed by atoms with Gasteiger partial charge in [0.2, 0.25) is 0 Å². The fraction of sp³-hybridized carbons (Fsp3) is 0.714. The molecule has 2 rings (SSSR count). The quantitative estimate of drug-likeness (QED) is 0.663. The van der Waals surface area contributed by atoms with E-state index in [1.807, 2.05) is 7.05 Å². The molecule has 6 nitrogen and oxygen atoms in total. The summed E-state index contributed by atoms with van der Waals surface area (Å²) in [4.78, 5) is 12.7. The van der Waals surface area contributed by atoms with Crippen LogP contribution in [0.15, 0.2) is 16.5 Å². The average molecular weight is 281 g/mol. The third kappa shape index (κ3) is 3.19. The van der Waals surface area contributed by atoms with Crippen molar-refractivity contribution < 1.29 is 9.34 Å². The predicted octanol–water partition coefficient (Wildman–Crippen LogP) is 2.57. The van der Waals surface area contributed by atoms with Gasteiger partial charge < -0.3 is 9.73 Å². The van der Waals surface area contributed by atoms with Gasteiger partial charge in [-0.05, 0) is 51.5 Å². The van der Waals surface area contributed by atoms with E-state index in [0.717, 1.165) is 31.8 Å². The number of nitrogens with one attached hydrogen (secondary N) is 1. The maximum atomic E-state index is 10.8. The first-order valence-corrected chi connectivity index (χ1v) is 7.30. The van der Waals surface area contributed by atoms with E-state index in [-0.39, 0.29) is 11.9 Å². The first-order valence-electron chi connectivity index (χ1n) is 7.30. The fourth-order valence-corrected chi connectivity index (χ4v) is 3.16. The van der Waals surface area contributed by atoms with Crippen molar-refractivity contribution in [1.82, 2.24) is 10.2 Å². The maximum Gasteiger partial charge on any atom is 0.433 e. The number of nitro groups is 1. The average Bonchev–Trinajstić information content (AvgIpc) is 2.82. The summed E-state index contributed by atoms with van der Waals surface area (Å²) in [5.41, 5.74) is 0. The Labute approximate surface area is 119 Å². The van der Waals surface area contributed by atoms with E-state index in [1.165, 1.54) is 18.9 Å². The lowest BCUT2D eigenvalue weighted by molar-refractivity contribution is -0.402. The van der Waals surface area contributed by atoms with Gasteiger partial charge in [-0.25, -0.2) is 0 Å². The molecule has 1 fully saturated rings. The third-order valence-electron chi connectivity index (χ3n) is 4.07. The van der Waals surface area contributed by atoms with Gasteiger partial charge in [-0.1, -0.05) is 13.3 Å². The molecule has 6 heteroatoms. The van der Waals surface area contributed by atoms with Crippen LogP contribution in [0.5, 0.6) is 0 Å². The summed E-state index contributed by atoms with van der Waals surface area (Å²) in [6.45, 7) is 4.98. The van der Waals surface area contributed by atoms with Gasteiger partial charge in [0.05, 0.1) is 12.1 Å². The highest BCUT2D eigenvalue weighted by atomic mass is 16.6. The fourth-order valence-electron chi connectivity index (χ4n) is 3.16. The van der Waals surface area contributed by atoms with Gasteiger partial charge in [-0.2, -0.15) is 0 Å². The van der Waals surface area contributed by atoms with Gasteiger partial charge in [-0.15, -0.1) is 0 Å². The lowest BCUT2D eigenvalue weighted by atomic mass is 9.92. The Morgan fingerprint density at radius 2 is 2.30 bits per heavy atom. The summed E-state index contributed by atoms with van der Waals surface area (Å²) in [6.07, 6.45) is 3.49. The van der Waals surface area contributed by atoms with Gasteiger partial charge in [0, 0.05) is 0 Å². The number of furan rings is 1. The Morgan fingerprint density at radius 1 is 1.50 bits per heavy atom. The van der Waals surface area contributed by atoms with Crippen LogP contribution >= 0.6 is 0 Å². The molecule has 2 heterocycles. The van der Waals surface area contributed by atoms with E-state index in [2.05, 4.69) is 17.1 Å². The Hall–Kier alpha value is -1.40. The largest absolute Gasteiger partial charge is 0.433 e. The Kier molecular flexibility index (Phi) is 5.14. The van der Waals surface area contributed by atoms with Crippen LogP contribution in [0.1, 0.15) is 38.0 Å². The summed E-state index contributed by atoms with van der Waals surface area (Å²) in [7, 11) is 1.95. The lowest BCUT2D eigenvalue weighted by Crippen LogP contribution is -2.36. The summed E-state index contributed by atoms with van der Waals surface area (Å²) in [6, 6.07) is 3.35. The van der Waals surface area contributed by atoms with Crippen molar-refractivity contribution in [2.24, 2.45) is 5.92 Å². The zero-order chi connectivity index (χ0) is 14.5. The van der Waals surface area contributed by atoms with Crippen molar-refractivity contribution in [2.45, 2.75) is 32.2 Å². The minimum Gasteiger partial charge on any atom is -0.404 e. The minimum absolute atomic E-state index is 0.128. The van der Waals surface area contributed by atoms with E-state index >= 15 is 0 Å².